The van der Waals surface area contributed by atoms with Crippen LogP contribution in [-0.4, -0.2) is 24.5 Å². The number of nitrogens with zero attached hydrogens (tertiary/aromatic N) is 3. The van der Waals surface area contributed by atoms with Crippen LogP contribution in [0, 0.1) is 6.57 Å². The molecule has 0 amide bonds. The molecule has 0 aliphatic carbocycles. The minimum absolute atomic E-state index is 0.267. The highest BCUT2D eigenvalue weighted by Gasteiger charge is 2.12. The van der Waals surface area contributed by atoms with Crippen LogP contribution in [0.2, 0.25) is 25.7 Å². The maximum Gasteiger partial charge on any atom is 0.247 e. The molecule has 5 nitrogen and oxygen atoms in total. The van der Waals surface area contributed by atoms with Gasteiger partial charge in [-0.3, -0.25) is 4.68 Å². The summed E-state index contributed by atoms with van der Waals surface area (Å²) in [5.74, 6) is 0.267. The molecule has 0 atom stereocenters. The van der Waals surface area contributed by atoms with Gasteiger partial charge in [0.1, 0.15) is 6.73 Å². The fourth-order valence-electron chi connectivity index (χ4n) is 1.11. The number of ether oxygens (including phenoxy) is 1. The third kappa shape index (κ3) is 4.04. The van der Waals surface area contributed by atoms with Gasteiger partial charge in [0, 0.05) is 20.9 Å². The van der Waals surface area contributed by atoms with Crippen molar-refractivity contribution in [1.82, 2.24) is 9.78 Å². The summed E-state index contributed by atoms with van der Waals surface area (Å²) in [6, 6.07) is 1.12. The predicted molar refractivity (Wildman–Crippen MR) is 67.0 cm³/mol. The van der Waals surface area contributed by atoms with Gasteiger partial charge in [-0.2, -0.15) is 5.10 Å². The zero-order valence-corrected chi connectivity index (χ0v) is 11.0. The molecule has 1 rings (SSSR count). The topological polar surface area (TPSA) is 57.4 Å². The summed E-state index contributed by atoms with van der Waals surface area (Å²) in [7, 11) is -1.04. The number of rotatable bonds is 5. The molecule has 0 fully saturated rings. The van der Waals surface area contributed by atoms with E-state index in [0.717, 1.165) is 12.7 Å². The minimum Gasteiger partial charge on any atom is -0.391 e. The van der Waals surface area contributed by atoms with Crippen molar-refractivity contribution in [2.75, 3.05) is 12.3 Å². The molecular formula is C10H18N4OSi. The van der Waals surface area contributed by atoms with E-state index in [9.17, 15) is 0 Å². The Morgan fingerprint density at radius 2 is 2.25 bits per heavy atom. The summed E-state index contributed by atoms with van der Waals surface area (Å²) >= 11 is 0. The summed E-state index contributed by atoms with van der Waals surface area (Å²) in [4.78, 5) is 3.25. The van der Waals surface area contributed by atoms with Crippen molar-refractivity contribution in [3.63, 3.8) is 0 Å². The summed E-state index contributed by atoms with van der Waals surface area (Å²) in [5, 5.41) is 3.98. The highest BCUT2D eigenvalue weighted by molar-refractivity contribution is 6.76. The van der Waals surface area contributed by atoms with Gasteiger partial charge in [-0.1, -0.05) is 19.6 Å². The van der Waals surface area contributed by atoms with Gasteiger partial charge in [0.25, 0.3) is 0 Å². The quantitative estimate of drug-likeness (QED) is 0.486. The van der Waals surface area contributed by atoms with Crippen LogP contribution in [0.15, 0.2) is 6.20 Å². The second-order valence-corrected chi connectivity index (χ2v) is 10.5. The van der Waals surface area contributed by atoms with Crippen molar-refractivity contribution in [2.24, 2.45) is 0 Å². The van der Waals surface area contributed by atoms with E-state index >= 15 is 0 Å². The lowest BCUT2D eigenvalue weighted by atomic mass is 10.5. The van der Waals surface area contributed by atoms with Gasteiger partial charge in [0.15, 0.2) is 5.82 Å². The Hall–Kier alpha value is -1.32. The Bertz CT molecular complexity index is 389. The average Bonchev–Trinajstić information content (AvgIpc) is 2.52. The van der Waals surface area contributed by atoms with Crippen LogP contribution >= 0.6 is 0 Å². The number of hydrogen-bond donors (Lipinski definition) is 1. The summed E-state index contributed by atoms with van der Waals surface area (Å²) in [6.07, 6.45) is 1.61. The summed E-state index contributed by atoms with van der Waals surface area (Å²) in [5.41, 5.74) is 5.91. The molecular weight excluding hydrogens is 220 g/mol. The maximum absolute atomic E-state index is 6.85. The number of nitrogen functional groups attached to an aromatic ring is 1. The zero-order valence-electron chi connectivity index (χ0n) is 10.0. The molecule has 16 heavy (non-hydrogen) atoms. The van der Waals surface area contributed by atoms with Gasteiger partial charge < -0.3 is 10.5 Å². The number of anilines is 1. The molecule has 2 N–H and O–H groups in total. The average molecular weight is 238 g/mol. The second-order valence-electron chi connectivity index (χ2n) is 4.90. The summed E-state index contributed by atoms with van der Waals surface area (Å²) < 4.78 is 7.05. The van der Waals surface area contributed by atoms with Crippen molar-refractivity contribution in [3.05, 3.63) is 17.6 Å². The van der Waals surface area contributed by atoms with Gasteiger partial charge in [-0.05, 0) is 6.04 Å². The Balaban J connectivity index is 2.36. The molecule has 0 saturated carbocycles. The normalized spacial score (nSPS) is 11.4. The minimum atomic E-state index is -1.04. The van der Waals surface area contributed by atoms with Gasteiger partial charge in [-0.15, -0.1) is 0 Å². The molecule has 1 aromatic heterocycles. The lowest BCUT2D eigenvalue weighted by molar-refractivity contribution is 0.0788. The second kappa shape index (κ2) is 5.14. The van der Waals surface area contributed by atoms with Crippen LogP contribution in [0.25, 0.3) is 4.85 Å². The van der Waals surface area contributed by atoms with Crippen LogP contribution in [-0.2, 0) is 11.5 Å². The molecule has 0 radical (unpaired) electrons. The Morgan fingerprint density at radius 3 is 2.75 bits per heavy atom. The van der Waals surface area contributed by atoms with Crippen LogP contribution < -0.4 is 5.73 Å². The van der Waals surface area contributed by atoms with E-state index in [1.807, 2.05) is 0 Å². The summed E-state index contributed by atoms with van der Waals surface area (Å²) in [6.45, 7) is 14.9. The third-order valence-electron chi connectivity index (χ3n) is 2.11. The molecule has 0 aromatic carbocycles. The Morgan fingerprint density at radius 1 is 1.56 bits per heavy atom. The third-order valence-corrected chi connectivity index (χ3v) is 3.81. The van der Waals surface area contributed by atoms with E-state index < -0.39 is 8.07 Å². The number of nitrogens with two attached hydrogens (primary N) is 1. The van der Waals surface area contributed by atoms with Crippen molar-refractivity contribution >= 4 is 19.6 Å². The van der Waals surface area contributed by atoms with Gasteiger partial charge in [0.2, 0.25) is 5.69 Å². The number of hydrogen-bond acceptors (Lipinski definition) is 3. The lowest BCUT2D eigenvalue weighted by Crippen LogP contribution is -2.22. The van der Waals surface area contributed by atoms with Gasteiger partial charge in [-0.25, -0.2) is 4.85 Å². The maximum atomic E-state index is 6.85. The molecule has 6 heteroatoms. The highest BCUT2D eigenvalue weighted by Crippen LogP contribution is 2.19. The smallest absolute Gasteiger partial charge is 0.247 e. The van der Waals surface area contributed by atoms with Crippen molar-refractivity contribution < 1.29 is 4.74 Å². The van der Waals surface area contributed by atoms with Gasteiger partial charge in [0.05, 0.1) is 6.57 Å². The monoisotopic (exact) mass is 238 g/mol. The molecule has 0 spiro atoms. The largest absolute Gasteiger partial charge is 0.391 e. The Labute approximate surface area is 97.0 Å². The van der Waals surface area contributed by atoms with Gasteiger partial charge >= 0.3 is 0 Å². The molecule has 1 heterocycles. The van der Waals surface area contributed by atoms with E-state index in [2.05, 4.69) is 29.6 Å². The Kier molecular flexibility index (Phi) is 4.10. The first-order valence-corrected chi connectivity index (χ1v) is 8.91. The standard InChI is InChI=1S/C10H18N4OSi/c1-12-9-7-14(13-10(9)11)8-15-5-6-16(2,3)4/h7H,5-6,8H2,2-4H3,(H2,11,13). The van der Waals surface area contributed by atoms with E-state index in [-0.39, 0.29) is 5.82 Å². The SMILES string of the molecule is [C-]#[N+]c1cn(COCC[Si](C)(C)C)nc1N. The van der Waals surface area contributed by atoms with E-state index in [4.69, 9.17) is 17.0 Å². The van der Waals surface area contributed by atoms with Crippen LogP contribution in [0.3, 0.4) is 0 Å². The van der Waals surface area contributed by atoms with E-state index in [0.29, 0.717) is 12.4 Å². The molecule has 0 unspecified atom stereocenters. The highest BCUT2D eigenvalue weighted by atomic mass is 28.3. The van der Waals surface area contributed by atoms with Crippen molar-refractivity contribution in [3.8, 4) is 0 Å². The first-order chi connectivity index (χ1) is 7.42. The molecule has 0 aliphatic heterocycles. The molecule has 0 saturated heterocycles. The van der Waals surface area contributed by atoms with E-state index in [1.54, 1.807) is 10.9 Å². The van der Waals surface area contributed by atoms with Crippen molar-refractivity contribution in [2.45, 2.75) is 32.4 Å². The fourth-order valence-corrected chi connectivity index (χ4v) is 1.87. The first kappa shape index (κ1) is 12.7. The van der Waals surface area contributed by atoms with Crippen LogP contribution in [0.5, 0.6) is 0 Å². The van der Waals surface area contributed by atoms with Crippen LogP contribution in [0.4, 0.5) is 11.5 Å². The lowest BCUT2D eigenvalue weighted by Gasteiger charge is -2.15. The van der Waals surface area contributed by atoms with Crippen molar-refractivity contribution in [1.29, 1.82) is 0 Å². The number of aromatic nitrogens is 2. The first-order valence-electron chi connectivity index (χ1n) is 5.20. The van der Waals surface area contributed by atoms with Crippen LogP contribution in [0.1, 0.15) is 0 Å². The molecule has 1 aromatic rings. The predicted octanol–water partition coefficient (Wildman–Crippen LogP) is 2.33. The molecule has 88 valence electrons. The fraction of sp³-hybridized carbons (Fsp3) is 0.600. The zero-order chi connectivity index (χ0) is 12.2. The van der Waals surface area contributed by atoms with E-state index in [1.165, 1.54) is 0 Å². The molecule has 0 aliphatic rings. The molecule has 0 bridgehead atoms.